The van der Waals surface area contributed by atoms with Crippen molar-refractivity contribution in [3.05, 3.63) is 54.4 Å². The largest absolute Gasteiger partial charge is 0.497 e. The molecular formula is C18H23N3O3S. The Hall–Kier alpha value is -1.96. The van der Waals surface area contributed by atoms with E-state index in [9.17, 15) is 8.42 Å². The normalized spacial score (nSPS) is 18.4. The molecule has 25 heavy (non-hydrogen) atoms. The molecule has 1 aromatic carbocycles. The average molecular weight is 361 g/mol. The molecule has 1 atom stereocenters. The Balaban J connectivity index is 1.58. The maximum absolute atomic E-state index is 12.2. The summed E-state index contributed by atoms with van der Waals surface area (Å²) >= 11 is 0. The lowest BCUT2D eigenvalue weighted by molar-refractivity contribution is 0.261. The summed E-state index contributed by atoms with van der Waals surface area (Å²) in [6, 6.07) is 11.6. The van der Waals surface area contributed by atoms with Crippen molar-refractivity contribution in [2.75, 3.05) is 26.7 Å². The van der Waals surface area contributed by atoms with Crippen molar-refractivity contribution in [2.45, 2.75) is 23.8 Å². The zero-order valence-corrected chi connectivity index (χ0v) is 15.1. The van der Waals surface area contributed by atoms with E-state index in [-0.39, 0.29) is 4.90 Å². The predicted octanol–water partition coefficient (Wildman–Crippen LogP) is 2.21. The predicted molar refractivity (Wildman–Crippen MR) is 96.0 cm³/mol. The maximum atomic E-state index is 12.2. The van der Waals surface area contributed by atoms with Crippen LogP contribution in [-0.2, 0) is 10.0 Å². The van der Waals surface area contributed by atoms with E-state index in [4.69, 9.17) is 4.74 Å². The summed E-state index contributed by atoms with van der Waals surface area (Å²) in [5.41, 5.74) is 1.24. The molecule has 1 aromatic heterocycles. The monoisotopic (exact) mass is 361 g/mol. The van der Waals surface area contributed by atoms with Gasteiger partial charge in [-0.3, -0.25) is 9.88 Å². The number of benzene rings is 1. The smallest absolute Gasteiger partial charge is 0.242 e. The molecule has 1 saturated heterocycles. The van der Waals surface area contributed by atoms with Gasteiger partial charge in [-0.1, -0.05) is 12.1 Å². The molecule has 0 aliphatic carbocycles. The number of aromatic nitrogens is 1. The van der Waals surface area contributed by atoms with E-state index in [2.05, 4.69) is 26.7 Å². The molecule has 134 valence electrons. The summed E-state index contributed by atoms with van der Waals surface area (Å²) in [4.78, 5) is 6.39. The van der Waals surface area contributed by atoms with Gasteiger partial charge >= 0.3 is 0 Å². The first-order valence-electron chi connectivity index (χ1n) is 8.38. The van der Waals surface area contributed by atoms with Crippen LogP contribution in [0.1, 0.15) is 24.4 Å². The fraction of sp³-hybridized carbons (Fsp3) is 0.389. The average Bonchev–Trinajstić information content (AvgIpc) is 3.11. The van der Waals surface area contributed by atoms with E-state index < -0.39 is 10.0 Å². The van der Waals surface area contributed by atoms with E-state index in [1.807, 2.05) is 12.1 Å². The van der Waals surface area contributed by atoms with Crippen molar-refractivity contribution in [1.82, 2.24) is 14.6 Å². The van der Waals surface area contributed by atoms with Gasteiger partial charge < -0.3 is 4.74 Å². The lowest BCUT2D eigenvalue weighted by atomic mass is 10.0. The number of sulfonamides is 1. The quantitative estimate of drug-likeness (QED) is 0.819. The van der Waals surface area contributed by atoms with Gasteiger partial charge in [-0.15, -0.1) is 0 Å². The first-order valence-corrected chi connectivity index (χ1v) is 9.86. The van der Waals surface area contributed by atoms with Crippen LogP contribution >= 0.6 is 0 Å². The highest BCUT2D eigenvalue weighted by atomic mass is 32.2. The van der Waals surface area contributed by atoms with Crippen molar-refractivity contribution in [3.8, 4) is 5.75 Å². The van der Waals surface area contributed by atoms with Crippen LogP contribution in [-0.4, -0.2) is 45.0 Å². The van der Waals surface area contributed by atoms with Crippen LogP contribution in [0, 0.1) is 0 Å². The summed E-state index contributed by atoms with van der Waals surface area (Å²) in [5, 5.41) is 0. The van der Waals surface area contributed by atoms with Gasteiger partial charge in [0.1, 0.15) is 10.6 Å². The summed E-state index contributed by atoms with van der Waals surface area (Å²) in [5.74, 6) is 0.845. The van der Waals surface area contributed by atoms with Crippen LogP contribution in [0.25, 0.3) is 0 Å². The lowest BCUT2D eigenvalue weighted by Gasteiger charge is -2.25. The van der Waals surface area contributed by atoms with Crippen LogP contribution in [0.15, 0.2) is 53.7 Å². The molecular weight excluding hydrogens is 338 g/mol. The molecule has 1 fully saturated rings. The van der Waals surface area contributed by atoms with E-state index in [0.717, 1.165) is 25.1 Å². The topological polar surface area (TPSA) is 71.5 Å². The summed E-state index contributed by atoms with van der Waals surface area (Å²) < 4.78 is 32.4. The summed E-state index contributed by atoms with van der Waals surface area (Å²) in [6.45, 7) is 2.03. The molecule has 1 aliphatic rings. The SMILES string of the molecule is COc1ccc(C2CCCN2CCNS(=O)(=O)c2cccnc2)cc1. The van der Waals surface area contributed by atoms with Crippen LogP contribution in [0.5, 0.6) is 5.75 Å². The van der Waals surface area contributed by atoms with E-state index >= 15 is 0 Å². The first kappa shape index (κ1) is 17.8. The minimum Gasteiger partial charge on any atom is -0.497 e. The molecule has 0 amide bonds. The van der Waals surface area contributed by atoms with Gasteiger partial charge in [0.05, 0.1) is 7.11 Å². The highest BCUT2D eigenvalue weighted by molar-refractivity contribution is 7.89. The van der Waals surface area contributed by atoms with Crippen molar-refractivity contribution >= 4 is 10.0 Å². The number of pyridine rings is 1. The Kier molecular flexibility index (Phi) is 5.67. The number of rotatable bonds is 7. The van der Waals surface area contributed by atoms with Gasteiger partial charge in [0, 0.05) is 31.5 Å². The molecule has 1 unspecified atom stereocenters. The second kappa shape index (κ2) is 7.95. The molecule has 0 saturated carbocycles. The third kappa shape index (κ3) is 4.36. The molecule has 2 aromatic rings. The molecule has 0 bridgehead atoms. The Labute approximate surface area is 148 Å². The van der Waals surface area contributed by atoms with Crippen molar-refractivity contribution in [3.63, 3.8) is 0 Å². The van der Waals surface area contributed by atoms with E-state index in [1.54, 1.807) is 25.4 Å². The third-order valence-electron chi connectivity index (χ3n) is 4.50. The highest BCUT2D eigenvalue weighted by Gasteiger charge is 2.26. The lowest BCUT2D eigenvalue weighted by Crippen LogP contribution is -2.34. The molecule has 2 heterocycles. The molecule has 6 nitrogen and oxygen atoms in total. The second-order valence-electron chi connectivity index (χ2n) is 6.05. The highest BCUT2D eigenvalue weighted by Crippen LogP contribution is 2.32. The van der Waals surface area contributed by atoms with Gasteiger partial charge in [0.25, 0.3) is 0 Å². The molecule has 7 heteroatoms. The zero-order valence-electron chi connectivity index (χ0n) is 14.3. The van der Waals surface area contributed by atoms with Crippen LogP contribution < -0.4 is 9.46 Å². The molecule has 3 rings (SSSR count). The minimum atomic E-state index is -3.50. The minimum absolute atomic E-state index is 0.197. The number of hydrogen-bond acceptors (Lipinski definition) is 5. The van der Waals surface area contributed by atoms with Gasteiger partial charge in [0.2, 0.25) is 10.0 Å². The van der Waals surface area contributed by atoms with Gasteiger partial charge in [0.15, 0.2) is 0 Å². The second-order valence-corrected chi connectivity index (χ2v) is 7.82. The van der Waals surface area contributed by atoms with Gasteiger partial charge in [-0.05, 0) is 49.2 Å². The summed E-state index contributed by atoms with van der Waals surface area (Å²) in [7, 11) is -1.84. The van der Waals surface area contributed by atoms with Gasteiger partial charge in [-0.2, -0.15) is 0 Å². The van der Waals surface area contributed by atoms with Crippen LogP contribution in [0.4, 0.5) is 0 Å². The molecule has 1 aliphatic heterocycles. The van der Waals surface area contributed by atoms with Crippen molar-refractivity contribution in [1.29, 1.82) is 0 Å². The van der Waals surface area contributed by atoms with Crippen molar-refractivity contribution in [2.24, 2.45) is 0 Å². The number of ether oxygens (including phenoxy) is 1. The molecule has 1 N–H and O–H groups in total. The Bertz CT molecular complexity index is 779. The number of methoxy groups -OCH3 is 1. The third-order valence-corrected chi connectivity index (χ3v) is 5.95. The fourth-order valence-corrected chi connectivity index (χ4v) is 4.19. The number of nitrogens with one attached hydrogen (secondary N) is 1. The number of hydrogen-bond donors (Lipinski definition) is 1. The van der Waals surface area contributed by atoms with Gasteiger partial charge in [-0.25, -0.2) is 13.1 Å². The Morgan fingerprint density at radius 1 is 1.28 bits per heavy atom. The Morgan fingerprint density at radius 2 is 2.08 bits per heavy atom. The van der Waals surface area contributed by atoms with E-state index in [0.29, 0.717) is 19.1 Å². The van der Waals surface area contributed by atoms with Crippen molar-refractivity contribution < 1.29 is 13.2 Å². The fourth-order valence-electron chi connectivity index (χ4n) is 3.21. The molecule has 0 radical (unpaired) electrons. The zero-order chi connectivity index (χ0) is 17.7. The van der Waals surface area contributed by atoms with E-state index in [1.165, 1.54) is 11.8 Å². The number of likely N-dealkylation sites (tertiary alicyclic amines) is 1. The maximum Gasteiger partial charge on any atom is 0.242 e. The Morgan fingerprint density at radius 3 is 2.76 bits per heavy atom. The number of nitrogens with zero attached hydrogens (tertiary/aromatic N) is 2. The first-order chi connectivity index (χ1) is 12.1. The summed E-state index contributed by atoms with van der Waals surface area (Å²) in [6.07, 6.45) is 5.12. The van der Waals surface area contributed by atoms with Crippen LogP contribution in [0.3, 0.4) is 0 Å². The van der Waals surface area contributed by atoms with Crippen LogP contribution in [0.2, 0.25) is 0 Å². The standard InChI is InChI=1S/C18H23N3O3S/c1-24-16-8-6-15(7-9-16)18-5-3-12-21(18)13-11-20-25(22,23)17-4-2-10-19-14-17/h2,4,6-10,14,18,20H,3,5,11-13H2,1H3. The molecule has 0 spiro atoms.